The van der Waals surface area contributed by atoms with Gasteiger partial charge >= 0.3 is 6.03 Å². The molecule has 6 rings (SSSR count). The number of pyridine rings is 2. The zero-order valence-electron chi connectivity index (χ0n) is 38.8. The number of urea groups is 1. The number of anilines is 1. The van der Waals surface area contributed by atoms with Crippen molar-refractivity contribution >= 4 is 31.8 Å². The lowest BCUT2D eigenvalue weighted by molar-refractivity contribution is 0.240. The van der Waals surface area contributed by atoms with Crippen LogP contribution in [0.5, 0.6) is 17.5 Å². The van der Waals surface area contributed by atoms with Crippen molar-refractivity contribution in [1.29, 1.82) is 5.26 Å². The van der Waals surface area contributed by atoms with E-state index >= 15 is 0 Å². The van der Waals surface area contributed by atoms with Crippen LogP contribution < -0.4 is 29.4 Å². The van der Waals surface area contributed by atoms with Crippen molar-refractivity contribution in [2.45, 2.75) is 89.6 Å². The molecule has 2 amide bonds. The van der Waals surface area contributed by atoms with Crippen molar-refractivity contribution in [3.8, 4) is 46.0 Å². The van der Waals surface area contributed by atoms with Gasteiger partial charge in [0.25, 0.3) is 6.26 Å². The lowest BCUT2D eigenvalue weighted by atomic mass is 9.94. The summed E-state index contributed by atoms with van der Waals surface area (Å²) in [6, 6.07) is 11.2. The Balaban J connectivity index is 0.000000244. The molecule has 0 atom stereocenters. The SMILES string of the molecule is CCN1CCC(S(=O)(=O)NC(=O)Nc2c(-c3ccnc(OC)c3)cc(F)cc2C(C)C)CC1.CCN1CCC(S(N)(=O)=O)CC1.COc1cc(-c2cc(F)cc(C(C)C)c2OC#N)ccn1. The maximum Gasteiger partial charge on any atom is 0.332 e. The van der Waals surface area contributed by atoms with Gasteiger partial charge in [0.15, 0.2) is 5.75 Å². The van der Waals surface area contributed by atoms with Crippen molar-refractivity contribution in [2.75, 3.05) is 58.8 Å². The third-order valence-electron chi connectivity index (χ3n) is 11.5. The highest BCUT2D eigenvalue weighted by molar-refractivity contribution is 7.90. The highest BCUT2D eigenvalue weighted by Gasteiger charge is 2.32. The van der Waals surface area contributed by atoms with E-state index < -0.39 is 37.1 Å². The van der Waals surface area contributed by atoms with Gasteiger partial charge in [0.05, 0.1) is 30.4 Å². The number of likely N-dealkylation sites (tertiary alicyclic amines) is 2. The highest BCUT2D eigenvalue weighted by atomic mass is 32.2. The number of halogens is 2. The molecule has 2 fully saturated rings. The Morgan fingerprint density at radius 1 is 0.773 bits per heavy atom. The largest absolute Gasteiger partial charge is 0.481 e. The number of carbonyl (C=O) groups is 1. The molecule has 2 aromatic carbocycles. The van der Waals surface area contributed by atoms with Crippen LogP contribution in [-0.4, -0.2) is 107 Å². The van der Waals surface area contributed by atoms with E-state index in [-0.39, 0.29) is 22.9 Å². The number of aromatic nitrogens is 2. The lowest BCUT2D eigenvalue weighted by Gasteiger charge is -2.30. The van der Waals surface area contributed by atoms with Crippen LogP contribution >= 0.6 is 0 Å². The fraction of sp³-hybridized carbons (Fsp3) is 0.478. The molecule has 0 radical (unpaired) electrons. The zero-order valence-corrected chi connectivity index (χ0v) is 40.4. The molecule has 20 heteroatoms. The van der Waals surface area contributed by atoms with Gasteiger partial charge in [-0.25, -0.2) is 50.2 Å². The van der Waals surface area contributed by atoms with Crippen LogP contribution in [0, 0.1) is 23.2 Å². The number of hydrogen-bond donors (Lipinski definition) is 3. The number of methoxy groups -OCH3 is 2. The number of nitrogens with one attached hydrogen (secondary N) is 2. The predicted molar refractivity (Wildman–Crippen MR) is 251 cm³/mol. The van der Waals surface area contributed by atoms with E-state index in [9.17, 15) is 30.4 Å². The highest BCUT2D eigenvalue weighted by Crippen LogP contribution is 2.39. The van der Waals surface area contributed by atoms with Gasteiger partial charge in [-0.05, 0) is 130 Å². The van der Waals surface area contributed by atoms with Gasteiger partial charge in [-0.3, -0.25) is 0 Å². The number of ether oxygens (including phenoxy) is 3. The molecule has 66 heavy (non-hydrogen) atoms. The number of piperidine rings is 2. The van der Waals surface area contributed by atoms with E-state index in [0.29, 0.717) is 95.4 Å². The average molecular weight is 957 g/mol. The number of hydrogen-bond acceptors (Lipinski definition) is 13. The Labute approximate surface area is 388 Å². The Hall–Kier alpha value is -5.46. The summed E-state index contributed by atoms with van der Waals surface area (Å²) in [7, 11) is -4.16. The molecule has 2 saturated heterocycles. The van der Waals surface area contributed by atoms with Crippen LogP contribution in [0.4, 0.5) is 19.3 Å². The van der Waals surface area contributed by atoms with Gasteiger partial charge < -0.3 is 29.3 Å². The van der Waals surface area contributed by atoms with Gasteiger partial charge in [-0.2, -0.15) is 0 Å². The van der Waals surface area contributed by atoms with Crippen molar-refractivity contribution < 1.29 is 44.6 Å². The van der Waals surface area contributed by atoms with E-state index in [1.165, 1.54) is 44.7 Å². The van der Waals surface area contributed by atoms with Crippen LogP contribution in [0.3, 0.4) is 0 Å². The van der Waals surface area contributed by atoms with Gasteiger partial charge in [0.1, 0.15) is 11.6 Å². The first-order chi connectivity index (χ1) is 31.2. The predicted octanol–water partition coefficient (Wildman–Crippen LogP) is 7.59. The summed E-state index contributed by atoms with van der Waals surface area (Å²) in [6.07, 6.45) is 7.05. The van der Waals surface area contributed by atoms with Gasteiger partial charge in [0.2, 0.25) is 31.8 Å². The van der Waals surface area contributed by atoms with E-state index in [0.717, 1.165) is 26.2 Å². The second-order valence-electron chi connectivity index (χ2n) is 16.4. The molecule has 0 spiro atoms. The van der Waals surface area contributed by atoms with Crippen molar-refractivity contribution in [3.05, 3.63) is 83.7 Å². The minimum atomic E-state index is -3.86. The summed E-state index contributed by atoms with van der Waals surface area (Å²) in [5.74, 6) is 0.146. The average Bonchev–Trinajstić information content (AvgIpc) is 3.29. The van der Waals surface area contributed by atoms with Crippen molar-refractivity contribution in [3.63, 3.8) is 0 Å². The van der Waals surface area contributed by atoms with Crippen molar-refractivity contribution in [2.24, 2.45) is 5.14 Å². The van der Waals surface area contributed by atoms with Gasteiger partial charge in [0, 0.05) is 41.2 Å². The van der Waals surface area contributed by atoms with Crippen LogP contribution in [0.2, 0.25) is 0 Å². The third-order valence-corrected chi connectivity index (χ3v) is 14.7. The molecule has 2 aromatic heterocycles. The summed E-state index contributed by atoms with van der Waals surface area (Å²) >= 11 is 0. The van der Waals surface area contributed by atoms with Crippen LogP contribution in [-0.2, 0) is 20.0 Å². The first-order valence-corrected chi connectivity index (χ1v) is 24.9. The maximum atomic E-state index is 14.5. The molecule has 360 valence electrons. The molecule has 4 aromatic rings. The molecular formula is C46H62F2N8O8S2. The number of rotatable bonds is 13. The normalized spacial score (nSPS) is 15.2. The zero-order chi connectivity index (χ0) is 48.8. The summed E-state index contributed by atoms with van der Waals surface area (Å²) in [4.78, 5) is 25.3. The lowest BCUT2D eigenvalue weighted by Crippen LogP contribution is -2.46. The molecule has 4 N–H and O–H groups in total. The van der Waals surface area contributed by atoms with Gasteiger partial charge in [-0.1, -0.05) is 41.5 Å². The quantitative estimate of drug-likeness (QED) is 0.110. The Morgan fingerprint density at radius 3 is 1.67 bits per heavy atom. The first-order valence-electron chi connectivity index (χ1n) is 21.8. The first kappa shape index (κ1) is 53.2. The molecule has 0 bridgehead atoms. The number of sulfonamides is 2. The maximum absolute atomic E-state index is 14.5. The number of amides is 2. The van der Waals surface area contributed by atoms with E-state index in [1.807, 2.05) is 34.6 Å². The molecule has 4 heterocycles. The Morgan fingerprint density at radius 2 is 1.23 bits per heavy atom. The van der Waals surface area contributed by atoms with Gasteiger partial charge in [-0.15, -0.1) is 5.26 Å². The number of benzene rings is 2. The molecule has 0 saturated carbocycles. The summed E-state index contributed by atoms with van der Waals surface area (Å²) in [5, 5.41) is 15.6. The van der Waals surface area contributed by atoms with Crippen LogP contribution in [0.1, 0.15) is 90.2 Å². The van der Waals surface area contributed by atoms with E-state index in [4.69, 9.17) is 24.6 Å². The second kappa shape index (κ2) is 24.3. The van der Waals surface area contributed by atoms with Crippen LogP contribution in [0.25, 0.3) is 22.3 Å². The Bertz CT molecular complexity index is 2530. The smallest absolute Gasteiger partial charge is 0.332 e. The van der Waals surface area contributed by atoms with Crippen molar-refractivity contribution in [1.82, 2.24) is 24.5 Å². The molecule has 0 aliphatic carbocycles. The topological polar surface area (TPSA) is 219 Å². The standard InChI is InChI=1S/C23H31FN4O4S.C16H15FN2O2.C7H16N2O2S/c1-5-28-10-7-18(8-11-28)33(30,31)27-23(29)26-22-19(15(2)3)13-17(24)14-20(22)16-6-9-25-21(12-16)32-4;1-10(2)13-7-12(17)8-14(16(13)21-9-18)11-4-5-19-15(6-11)20-3;1-2-9-5-3-7(4-6-9)12(8,10)11/h6,9,12-15,18H,5,7-8,10-11H2,1-4H3,(H2,26,27,29);4-8,10H,1-3H3;7H,2-6H2,1H3,(H2,8,10,11). The van der Waals surface area contributed by atoms with E-state index in [2.05, 4.69) is 36.7 Å². The number of nitriles is 1. The fourth-order valence-corrected chi connectivity index (χ4v) is 9.86. The fourth-order valence-electron chi connectivity index (χ4n) is 7.69. The summed E-state index contributed by atoms with van der Waals surface area (Å²) in [5.41, 5.74) is 3.69. The molecular weight excluding hydrogens is 895 g/mol. The third kappa shape index (κ3) is 14.8. The minimum absolute atomic E-state index is 0.0199. The second-order valence-corrected chi connectivity index (χ2v) is 20.2. The molecule has 0 unspecified atom stereocenters. The molecule has 16 nitrogen and oxygen atoms in total. The summed E-state index contributed by atoms with van der Waals surface area (Å²) in [6.45, 7) is 16.6. The summed E-state index contributed by atoms with van der Waals surface area (Å²) < 4.78 is 93.4. The Kier molecular flexibility index (Phi) is 19.6. The minimum Gasteiger partial charge on any atom is -0.481 e. The molecule has 2 aliphatic rings. The number of primary sulfonamides is 1. The number of carbonyl (C=O) groups excluding carboxylic acids is 1. The monoisotopic (exact) mass is 956 g/mol. The van der Waals surface area contributed by atoms with E-state index in [1.54, 1.807) is 36.7 Å². The number of nitrogens with zero attached hydrogens (tertiary/aromatic N) is 5. The van der Waals surface area contributed by atoms with Crippen LogP contribution in [0.15, 0.2) is 60.9 Å². The number of nitrogens with two attached hydrogens (primary N) is 1. The molecule has 2 aliphatic heterocycles.